The summed E-state index contributed by atoms with van der Waals surface area (Å²) in [6.45, 7) is 6.48. The minimum Gasteiger partial charge on any atom is -0.351 e. The summed E-state index contributed by atoms with van der Waals surface area (Å²) in [5, 5.41) is 6.34. The Morgan fingerprint density at radius 1 is 0.938 bits per heavy atom. The normalized spacial score (nSPS) is 15.4. The third-order valence-corrected chi connectivity index (χ3v) is 10.3. The van der Waals surface area contributed by atoms with Gasteiger partial charge in [0.15, 0.2) is 0 Å². The lowest BCUT2D eigenvalue weighted by Gasteiger charge is -2.34. The molecule has 1 atom stereocenters. The van der Waals surface area contributed by atoms with Crippen molar-refractivity contribution in [1.82, 2.24) is 5.32 Å². The molecule has 7 nitrogen and oxygen atoms in total. The minimum absolute atomic E-state index is 0.126. The molecule has 1 unspecified atom stereocenters. The number of amides is 2. The second-order valence-electron chi connectivity index (χ2n) is 13.6. The van der Waals surface area contributed by atoms with Crippen molar-refractivity contribution in [3.8, 4) is 11.1 Å². The molecule has 1 aliphatic carbocycles. The summed E-state index contributed by atoms with van der Waals surface area (Å²) in [6.07, 6.45) is 5.01. The van der Waals surface area contributed by atoms with Gasteiger partial charge in [-0.3, -0.25) is 14.1 Å². The van der Waals surface area contributed by atoms with Crippen LogP contribution in [0.5, 0.6) is 0 Å². The summed E-state index contributed by atoms with van der Waals surface area (Å²) in [7, 11) is -4.17. The highest BCUT2D eigenvalue weighted by molar-refractivity contribution is 7.85. The number of hydrogen-bond acceptors (Lipinski definition) is 4. The van der Waals surface area contributed by atoms with Crippen molar-refractivity contribution < 1.29 is 22.6 Å². The maximum atomic E-state index is 14.1. The zero-order valence-corrected chi connectivity index (χ0v) is 29.2. The lowest BCUT2D eigenvalue weighted by molar-refractivity contribution is -0.117. The van der Waals surface area contributed by atoms with Crippen LogP contribution in [0.3, 0.4) is 0 Å². The van der Waals surface area contributed by atoms with Crippen molar-refractivity contribution in [2.24, 2.45) is 5.41 Å². The van der Waals surface area contributed by atoms with Crippen molar-refractivity contribution >= 4 is 39.2 Å². The Labute approximate surface area is 288 Å². The number of hydrogen-bond donors (Lipinski definition) is 3. The quantitative estimate of drug-likeness (QED) is 0.137. The molecule has 5 rings (SSSR count). The van der Waals surface area contributed by atoms with Crippen molar-refractivity contribution in [2.75, 3.05) is 17.6 Å². The SMILES string of the molecule is Cc1cc(Cl)ccc1-c1ccc(NC(=O)C(Cc2ccc(C(=O)NCCS(=O)(=O)O)cc2)c2cccc(C3CCC(C)(C)CC3)c2)cc1. The molecular formula is C39H43ClN2O5S. The zero-order valence-electron chi connectivity index (χ0n) is 27.6. The van der Waals surface area contributed by atoms with E-state index in [4.69, 9.17) is 16.2 Å². The number of carbonyl (C=O) groups is 2. The highest BCUT2D eigenvalue weighted by Crippen LogP contribution is 2.43. The Bertz CT molecular complexity index is 1860. The standard InChI is InChI=1S/C39H43ClN2O5S/c1-26-23-33(40)13-16-35(26)29-11-14-34(15-12-29)42-38(44)36(32-6-4-5-31(25-32)28-17-19-39(2,3)20-18-28)24-27-7-9-30(10-8-27)37(43)41-21-22-48(45,46)47/h4-16,23,25,28,36H,17-22,24H2,1-3H3,(H,41,43)(H,42,44)(H,45,46,47). The molecule has 4 aromatic carbocycles. The largest absolute Gasteiger partial charge is 0.351 e. The Balaban J connectivity index is 1.36. The van der Waals surface area contributed by atoms with Crippen molar-refractivity contribution in [1.29, 1.82) is 0 Å². The molecular weight excluding hydrogens is 644 g/mol. The fraction of sp³-hybridized carbons (Fsp3) is 0.333. The van der Waals surface area contributed by atoms with Crippen LogP contribution in [0, 0.1) is 12.3 Å². The number of benzene rings is 4. The molecule has 0 bridgehead atoms. The van der Waals surface area contributed by atoms with Gasteiger partial charge in [0.05, 0.1) is 11.7 Å². The Morgan fingerprint density at radius 3 is 2.27 bits per heavy atom. The maximum Gasteiger partial charge on any atom is 0.266 e. The molecule has 0 saturated heterocycles. The topological polar surface area (TPSA) is 113 Å². The number of nitrogens with one attached hydrogen (secondary N) is 2. The molecule has 0 heterocycles. The number of anilines is 1. The summed E-state index contributed by atoms with van der Waals surface area (Å²) < 4.78 is 30.9. The molecule has 0 aliphatic heterocycles. The van der Waals surface area contributed by atoms with E-state index in [1.165, 1.54) is 18.4 Å². The van der Waals surface area contributed by atoms with Gasteiger partial charge in [-0.15, -0.1) is 0 Å². The number of aryl methyl sites for hydroxylation is 1. The van der Waals surface area contributed by atoms with Gasteiger partial charge in [-0.2, -0.15) is 8.42 Å². The molecule has 4 aromatic rings. The van der Waals surface area contributed by atoms with E-state index in [0.29, 0.717) is 34.0 Å². The highest BCUT2D eigenvalue weighted by Gasteiger charge is 2.29. The first-order valence-corrected chi connectivity index (χ1v) is 18.3. The fourth-order valence-corrected chi connectivity index (χ4v) is 7.05. The van der Waals surface area contributed by atoms with Crippen LogP contribution >= 0.6 is 11.6 Å². The van der Waals surface area contributed by atoms with Crippen LogP contribution in [0.25, 0.3) is 11.1 Å². The van der Waals surface area contributed by atoms with Crippen molar-refractivity contribution in [3.63, 3.8) is 0 Å². The molecule has 0 spiro atoms. The third-order valence-electron chi connectivity index (χ3n) is 9.39. The van der Waals surface area contributed by atoms with Crippen molar-refractivity contribution in [2.45, 2.75) is 64.7 Å². The van der Waals surface area contributed by atoms with Gasteiger partial charge in [-0.05, 0) is 120 Å². The first-order valence-electron chi connectivity index (χ1n) is 16.4. The van der Waals surface area contributed by atoms with E-state index in [9.17, 15) is 18.0 Å². The average molecular weight is 687 g/mol. The third kappa shape index (κ3) is 9.56. The molecule has 48 heavy (non-hydrogen) atoms. The van der Waals surface area contributed by atoms with E-state index in [2.05, 4.69) is 36.6 Å². The predicted molar refractivity (Wildman–Crippen MR) is 193 cm³/mol. The minimum atomic E-state index is -4.17. The van der Waals surface area contributed by atoms with E-state index in [0.717, 1.165) is 40.7 Å². The molecule has 0 radical (unpaired) electrons. The summed E-state index contributed by atoms with van der Waals surface area (Å²) in [5.74, 6) is -1.16. The number of halogens is 1. The molecule has 3 N–H and O–H groups in total. The van der Waals surface area contributed by atoms with Crippen LogP contribution in [0.15, 0.2) is 91.0 Å². The summed E-state index contributed by atoms with van der Waals surface area (Å²) in [4.78, 5) is 26.6. The van der Waals surface area contributed by atoms with E-state index < -0.39 is 27.7 Å². The Hall–Kier alpha value is -3.98. The van der Waals surface area contributed by atoms with Gasteiger partial charge in [0, 0.05) is 22.8 Å². The smallest absolute Gasteiger partial charge is 0.266 e. The zero-order chi connectivity index (χ0) is 34.5. The van der Waals surface area contributed by atoms with Crippen molar-refractivity contribution in [3.05, 3.63) is 124 Å². The molecule has 0 aromatic heterocycles. The second kappa shape index (κ2) is 15.1. The van der Waals surface area contributed by atoms with Gasteiger partial charge in [0.2, 0.25) is 5.91 Å². The van der Waals surface area contributed by atoms with Gasteiger partial charge in [-0.1, -0.05) is 80.0 Å². The van der Waals surface area contributed by atoms with E-state index >= 15 is 0 Å². The van der Waals surface area contributed by atoms with Gasteiger partial charge < -0.3 is 10.6 Å². The van der Waals surface area contributed by atoms with Gasteiger partial charge >= 0.3 is 0 Å². The van der Waals surface area contributed by atoms with Crippen LogP contribution in [-0.4, -0.2) is 37.1 Å². The number of rotatable bonds is 11. The predicted octanol–water partition coefficient (Wildman–Crippen LogP) is 8.58. The molecule has 1 aliphatic rings. The van der Waals surface area contributed by atoms with Gasteiger partial charge in [0.25, 0.3) is 16.0 Å². The van der Waals surface area contributed by atoms with Crippen LogP contribution in [-0.2, 0) is 21.3 Å². The van der Waals surface area contributed by atoms with Crippen LogP contribution in [0.2, 0.25) is 5.02 Å². The molecule has 1 fully saturated rings. The summed E-state index contributed by atoms with van der Waals surface area (Å²) >= 11 is 6.15. The van der Waals surface area contributed by atoms with E-state index in [1.54, 1.807) is 12.1 Å². The number of carbonyl (C=O) groups excluding carboxylic acids is 2. The summed E-state index contributed by atoms with van der Waals surface area (Å²) in [6, 6.07) is 29.0. The van der Waals surface area contributed by atoms with Crippen LogP contribution < -0.4 is 10.6 Å². The monoisotopic (exact) mass is 686 g/mol. The Morgan fingerprint density at radius 2 is 1.62 bits per heavy atom. The van der Waals surface area contributed by atoms with E-state index in [-0.39, 0.29) is 12.5 Å². The fourth-order valence-electron chi connectivity index (χ4n) is 6.46. The lowest BCUT2D eigenvalue weighted by atomic mass is 9.71. The molecule has 2 amide bonds. The lowest BCUT2D eigenvalue weighted by Crippen LogP contribution is -2.28. The molecule has 9 heteroatoms. The first kappa shape index (κ1) is 35.3. The van der Waals surface area contributed by atoms with Gasteiger partial charge in [0.1, 0.15) is 0 Å². The average Bonchev–Trinajstić information content (AvgIpc) is 3.04. The summed E-state index contributed by atoms with van der Waals surface area (Å²) in [5.41, 5.74) is 7.67. The second-order valence-corrected chi connectivity index (χ2v) is 15.6. The first-order chi connectivity index (χ1) is 22.8. The highest BCUT2D eigenvalue weighted by atomic mass is 35.5. The van der Waals surface area contributed by atoms with Crippen LogP contribution in [0.1, 0.15) is 84.0 Å². The maximum absolute atomic E-state index is 14.1. The van der Waals surface area contributed by atoms with Gasteiger partial charge in [-0.25, -0.2) is 0 Å². The van der Waals surface area contributed by atoms with Crippen LogP contribution in [0.4, 0.5) is 5.69 Å². The molecule has 252 valence electrons. The van der Waals surface area contributed by atoms with E-state index in [1.807, 2.05) is 73.7 Å². The molecule has 1 saturated carbocycles. The Kier molecular flexibility index (Phi) is 11.1.